The normalized spacial score (nSPS) is 10.2. The average molecular weight is 580 g/mol. The van der Waals surface area contributed by atoms with E-state index in [1.165, 1.54) is 154 Å². The molecule has 0 heterocycles. The zero-order chi connectivity index (χ0) is 28.1. The molecule has 0 fully saturated rings. The summed E-state index contributed by atoms with van der Waals surface area (Å²) in [6.07, 6.45) is 35.1. The van der Waals surface area contributed by atoms with Gasteiger partial charge in [-0.1, -0.05) is 181 Å². The SMILES string of the molecule is CCCCCCCCCCCCCCCCCCO.OCC(O)CO.[CH2]CCCCCCCCCCC.[NaH].[NaH]. The average Bonchev–Trinajstić information content (AvgIpc) is 2.92. The van der Waals surface area contributed by atoms with E-state index in [0.717, 1.165) is 12.8 Å². The third-order valence-corrected chi connectivity index (χ3v) is 6.79. The quantitative estimate of drug-likeness (QED) is 0.0587. The summed E-state index contributed by atoms with van der Waals surface area (Å²) >= 11 is 0. The second-order valence-electron chi connectivity index (χ2n) is 10.7. The van der Waals surface area contributed by atoms with E-state index in [1.807, 2.05) is 0 Å². The van der Waals surface area contributed by atoms with Crippen LogP contribution in [-0.2, 0) is 0 Å². The van der Waals surface area contributed by atoms with Crippen molar-refractivity contribution in [3.8, 4) is 0 Å². The molecule has 0 aromatic carbocycles. The van der Waals surface area contributed by atoms with Crippen LogP contribution in [0, 0.1) is 6.92 Å². The molecular formula is C33H73Na2O4. The first-order valence-corrected chi connectivity index (χ1v) is 16.4. The van der Waals surface area contributed by atoms with Gasteiger partial charge in [-0.25, -0.2) is 0 Å². The molecule has 0 atom stereocenters. The number of rotatable bonds is 27. The van der Waals surface area contributed by atoms with Crippen molar-refractivity contribution in [1.29, 1.82) is 0 Å². The summed E-state index contributed by atoms with van der Waals surface area (Å²) in [6.45, 7) is 8.04. The molecule has 0 aliphatic heterocycles. The molecule has 1 radical (unpaired) electrons. The van der Waals surface area contributed by atoms with Crippen LogP contribution in [0.1, 0.15) is 181 Å². The zero-order valence-corrected chi connectivity index (χ0v) is 25.6. The van der Waals surface area contributed by atoms with Gasteiger partial charge in [0, 0.05) is 6.61 Å². The molecule has 0 spiro atoms. The Balaban J connectivity index is -0.000000165. The van der Waals surface area contributed by atoms with Crippen LogP contribution in [0.2, 0.25) is 0 Å². The van der Waals surface area contributed by atoms with Crippen LogP contribution in [0.15, 0.2) is 0 Å². The van der Waals surface area contributed by atoms with Gasteiger partial charge in [-0.05, 0) is 6.42 Å². The number of hydrogen-bond acceptors (Lipinski definition) is 4. The first-order valence-electron chi connectivity index (χ1n) is 16.4. The number of hydrogen-bond donors (Lipinski definition) is 4. The van der Waals surface area contributed by atoms with Crippen LogP contribution in [0.4, 0.5) is 0 Å². The Bertz CT molecular complexity index is 320. The van der Waals surface area contributed by atoms with Gasteiger partial charge in [0.05, 0.1) is 13.2 Å². The third-order valence-electron chi connectivity index (χ3n) is 6.79. The van der Waals surface area contributed by atoms with Crippen LogP contribution in [0.25, 0.3) is 0 Å². The van der Waals surface area contributed by atoms with Gasteiger partial charge >= 0.3 is 59.1 Å². The van der Waals surface area contributed by atoms with Crippen LogP contribution < -0.4 is 0 Å². The van der Waals surface area contributed by atoms with Gasteiger partial charge in [-0.3, -0.25) is 0 Å². The molecule has 0 unspecified atom stereocenters. The van der Waals surface area contributed by atoms with Crippen molar-refractivity contribution in [3.05, 3.63) is 6.92 Å². The summed E-state index contributed by atoms with van der Waals surface area (Å²) in [6, 6.07) is 0. The van der Waals surface area contributed by atoms with Crippen LogP contribution in [-0.4, -0.2) is 105 Å². The number of aliphatic hydroxyl groups excluding tert-OH is 4. The Labute approximate surface area is 290 Å². The predicted molar refractivity (Wildman–Crippen MR) is 178 cm³/mol. The van der Waals surface area contributed by atoms with E-state index >= 15 is 0 Å². The molecule has 0 aliphatic rings. The molecule has 39 heavy (non-hydrogen) atoms. The van der Waals surface area contributed by atoms with Crippen molar-refractivity contribution in [2.75, 3.05) is 19.8 Å². The second kappa shape index (κ2) is 52.5. The summed E-state index contributed by atoms with van der Waals surface area (Å²) in [4.78, 5) is 0. The molecular weight excluding hydrogens is 506 g/mol. The first kappa shape index (κ1) is 50.5. The molecule has 0 bridgehead atoms. The minimum absolute atomic E-state index is 0. The Kier molecular flexibility index (Phi) is 67.9. The molecule has 0 rings (SSSR count). The van der Waals surface area contributed by atoms with E-state index in [4.69, 9.17) is 20.4 Å². The van der Waals surface area contributed by atoms with Crippen LogP contribution >= 0.6 is 0 Å². The van der Waals surface area contributed by atoms with Crippen molar-refractivity contribution in [1.82, 2.24) is 0 Å². The van der Waals surface area contributed by atoms with Gasteiger partial charge in [0.25, 0.3) is 0 Å². The minimum atomic E-state index is -0.954. The molecule has 0 aromatic heterocycles. The number of aliphatic hydroxyl groups is 4. The van der Waals surface area contributed by atoms with Crippen LogP contribution in [0.5, 0.6) is 0 Å². The third kappa shape index (κ3) is 60.0. The summed E-state index contributed by atoms with van der Waals surface area (Å²) in [5.74, 6) is 0. The van der Waals surface area contributed by atoms with Crippen molar-refractivity contribution in [3.63, 3.8) is 0 Å². The predicted octanol–water partition coefficient (Wildman–Crippen LogP) is 8.02. The van der Waals surface area contributed by atoms with E-state index < -0.39 is 6.10 Å². The molecule has 0 saturated heterocycles. The van der Waals surface area contributed by atoms with Gasteiger partial charge in [-0.15, -0.1) is 0 Å². The van der Waals surface area contributed by atoms with E-state index in [0.29, 0.717) is 6.61 Å². The van der Waals surface area contributed by atoms with E-state index in [1.54, 1.807) is 0 Å². The molecule has 6 heteroatoms. The molecule has 231 valence electrons. The van der Waals surface area contributed by atoms with Crippen molar-refractivity contribution < 1.29 is 20.4 Å². The van der Waals surface area contributed by atoms with Gasteiger partial charge in [0.2, 0.25) is 0 Å². The Morgan fingerprint density at radius 3 is 0.821 bits per heavy atom. The summed E-state index contributed by atoms with van der Waals surface area (Å²) in [5.41, 5.74) is 0. The standard InChI is InChI=1S/C18H38O.C12H25.C3H8O3.2Na.2H/c1-2-3-4-5-6-7-8-9-10-11-12-13-14-15-16-17-18-19;1-3-5-7-9-11-12-10-8-6-4-2;4-1-3(6)2-5;;;;/h19H,2-18H2,1H3;1,3-12H2,2H3;3-6H,1-2H2;;;;. The molecule has 4 N–H and O–H groups in total. The first-order chi connectivity index (χ1) is 18.1. The summed E-state index contributed by atoms with van der Waals surface area (Å²) < 4.78 is 0. The Hall–Kier alpha value is 1.84. The Morgan fingerprint density at radius 1 is 0.410 bits per heavy atom. The van der Waals surface area contributed by atoms with E-state index in [9.17, 15) is 0 Å². The van der Waals surface area contributed by atoms with Gasteiger partial charge in [0.1, 0.15) is 6.10 Å². The molecule has 4 nitrogen and oxygen atoms in total. The van der Waals surface area contributed by atoms with Gasteiger partial charge in [0.15, 0.2) is 0 Å². The fourth-order valence-corrected chi connectivity index (χ4v) is 4.21. The zero-order valence-electron chi connectivity index (χ0n) is 25.6. The molecule has 0 aromatic rings. The van der Waals surface area contributed by atoms with Crippen LogP contribution in [0.3, 0.4) is 0 Å². The van der Waals surface area contributed by atoms with Crippen molar-refractivity contribution in [2.45, 2.75) is 187 Å². The maximum atomic E-state index is 8.67. The fraction of sp³-hybridized carbons (Fsp3) is 0.970. The summed E-state index contributed by atoms with van der Waals surface area (Å²) in [7, 11) is 0. The van der Waals surface area contributed by atoms with Crippen molar-refractivity contribution in [2.24, 2.45) is 0 Å². The molecule has 0 saturated carbocycles. The van der Waals surface area contributed by atoms with E-state index in [2.05, 4.69) is 20.8 Å². The van der Waals surface area contributed by atoms with Crippen molar-refractivity contribution >= 4 is 59.1 Å². The number of unbranched alkanes of at least 4 members (excludes halogenated alkanes) is 24. The maximum absolute atomic E-state index is 8.67. The fourth-order valence-electron chi connectivity index (χ4n) is 4.21. The molecule has 0 amide bonds. The molecule has 0 aliphatic carbocycles. The topological polar surface area (TPSA) is 80.9 Å². The summed E-state index contributed by atoms with van der Waals surface area (Å²) in [5, 5.41) is 32.7. The van der Waals surface area contributed by atoms with Gasteiger partial charge < -0.3 is 20.4 Å². The second-order valence-corrected chi connectivity index (χ2v) is 10.7. The van der Waals surface area contributed by atoms with Gasteiger partial charge in [-0.2, -0.15) is 0 Å². The monoisotopic (exact) mass is 580 g/mol. The van der Waals surface area contributed by atoms with E-state index in [-0.39, 0.29) is 72.3 Å². The Morgan fingerprint density at radius 2 is 0.641 bits per heavy atom.